The van der Waals surface area contributed by atoms with Gasteiger partial charge in [0.2, 0.25) is 0 Å². The third-order valence-corrected chi connectivity index (χ3v) is 8.94. The van der Waals surface area contributed by atoms with E-state index in [4.69, 9.17) is 5.73 Å². The van der Waals surface area contributed by atoms with Crippen molar-refractivity contribution in [3.63, 3.8) is 0 Å². The minimum Gasteiger partial charge on any atom is -0.507 e. The van der Waals surface area contributed by atoms with Crippen LogP contribution in [0.25, 0.3) is 32.7 Å². The summed E-state index contributed by atoms with van der Waals surface area (Å²) in [6.45, 7) is 0. The van der Waals surface area contributed by atoms with Crippen molar-refractivity contribution in [1.82, 2.24) is 0 Å². The Hall–Kier alpha value is -5.74. The second kappa shape index (κ2) is 11.9. The first kappa shape index (κ1) is 31.3. The molecule has 6 rings (SSSR count). The van der Waals surface area contributed by atoms with Crippen molar-refractivity contribution in [1.29, 1.82) is 0 Å². The van der Waals surface area contributed by atoms with Crippen molar-refractivity contribution in [2.24, 2.45) is 20.5 Å². The summed E-state index contributed by atoms with van der Waals surface area (Å²) in [6.07, 6.45) is 0. The third kappa shape index (κ3) is 6.36. The molecule has 0 saturated carbocycles. The molecule has 236 valence electrons. The number of anilines is 1. The number of rotatable bonds is 7. The Labute approximate surface area is 267 Å². The van der Waals surface area contributed by atoms with Crippen LogP contribution < -0.4 is 5.73 Å². The summed E-state index contributed by atoms with van der Waals surface area (Å²) in [5.41, 5.74) is 8.80. The zero-order chi connectivity index (χ0) is 33.5. The Kier molecular flexibility index (Phi) is 7.90. The van der Waals surface area contributed by atoms with Gasteiger partial charge in [-0.2, -0.15) is 27.1 Å². The summed E-state index contributed by atoms with van der Waals surface area (Å²) in [7, 11) is -9.14. The third-order valence-electron chi connectivity index (χ3n) is 7.21. The number of phenols is 2. The maximum atomic E-state index is 11.9. The molecule has 0 radical (unpaired) electrons. The molecule has 13 nitrogen and oxygen atoms in total. The lowest BCUT2D eigenvalue weighted by atomic mass is 10.1. The molecule has 0 fully saturated rings. The summed E-state index contributed by atoms with van der Waals surface area (Å²) in [5, 5.41) is 38.5. The lowest BCUT2D eigenvalue weighted by Crippen LogP contribution is -1.99. The maximum Gasteiger partial charge on any atom is 0.295 e. The highest BCUT2D eigenvalue weighted by atomic mass is 32.2. The van der Waals surface area contributed by atoms with Gasteiger partial charge in [0.15, 0.2) is 5.75 Å². The van der Waals surface area contributed by atoms with E-state index in [1.165, 1.54) is 30.3 Å². The van der Waals surface area contributed by atoms with Crippen molar-refractivity contribution in [2.45, 2.75) is 9.79 Å². The van der Waals surface area contributed by atoms with E-state index >= 15 is 0 Å². The monoisotopic (exact) mass is 669 g/mol. The summed E-state index contributed by atoms with van der Waals surface area (Å²) in [5.74, 6) is -0.719. The van der Waals surface area contributed by atoms with E-state index in [1.54, 1.807) is 60.7 Å². The van der Waals surface area contributed by atoms with E-state index < -0.39 is 35.8 Å². The molecule has 0 aromatic heterocycles. The highest BCUT2D eigenvalue weighted by molar-refractivity contribution is 7.86. The molecule has 15 heteroatoms. The lowest BCUT2D eigenvalue weighted by Gasteiger charge is -2.09. The van der Waals surface area contributed by atoms with Crippen LogP contribution in [0.15, 0.2) is 133 Å². The first-order chi connectivity index (χ1) is 22.3. The van der Waals surface area contributed by atoms with Crippen LogP contribution in [0.2, 0.25) is 0 Å². The van der Waals surface area contributed by atoms with E-state index in [1.807, 2.05) is 0 Å². The van der Waals surface area contributed by atoms with Crippen molar-refractivity contribution in [2.75, 3.05) is 5.73 Å². The Balaban J connectivity index is 1.22. The Bertz CT molecular complexity index is 2480. The molecule has 0 atom stereocenters. The van der Waals surface area contributed by atoms with Crippen LogP contribution in [0, 0.1) is 0 Å². The largest absolute Gasteiger partial charge is 0.507 e. The quantitative estimate of drug-likeness (QED) is 0.0630. The fourth-order valence-electron chi connectivity index (χ4n) is 4.93. The van der Waals surface area contributed by atoms with Gasteiger partial charge in [-0.15, -0.1) is 10.2 Å². The van der Waals surface area contributed by atoms with Crippen molar-refractivity contribution >= 4 is 70.2 Å². The van der Waals surface area contributed by atoms with Gasteiger partial charge in [-0.05, 0) is 59.0 Å². The van der Waals surface area contributed by atoms with E-state index in [0.717, 1.165) is 23.3 Å². The van der Waals surface area contributed by atoms with Gasteiger partial charge in [-0.3, -0.25) is 9.11 Å². The minimum absolute atomic E-state index is 0.127. The number of benzene rings is 6. The van der Waals surface area contributed by atoms with Gasteiger partial charge >= 0.3 is 0 Å². The van der Waals surface area contributed by atoms with Gasteiger partial charge in [0, 0.05) is 16.8 Å². The average molecular weight is 670 g/mol. The molecule has 0 aliphatic heterocycles. The van der Waals surface area contributed by atoms with Crippen molar-refractivity contribution < 1.29 is 36.2 Å². The molecule has 0 unspecified atom stereocenters. The lowest BCUT2D eigenvalue weighted by molar-refractivity contribution is 0.471. The molecule has 0 aliphatic rings. The van der Waals surface area contributed by atoms with Crippen molar-refractivity contribution in [3.8, 4) is 22.6 Å². The van der Waals surface area contributed by atoms with Gasteiger partial charge in [-0.1, -0.05) is 54.6 Å². The van der Waals surface area contributed by atoms with Crippen LogP contribution in [-0.4, -0.2) is 36.2 Å². The summed E-state index contributed by atoms with van der Waals surface area (Å²) >= 11 is 0. The normalized spacial score (nSPS) is 12.5. The molecule has 47 heavy (non-hydrogen) atoms. The maximum absolute atomic E-state index is 11.9. The fraction of sp³-hybridized carbons (Fsp3) is 0. The van der Waals surface area contributed by atoms with Crippen LogP contribution in [0.5, 0.6) is 11.5 Å². The molecule has 6 aromatic rings. The second-order valence-corrected chi connectivity index (χ2v) is 13.1. The predicted molar refractivity (Wildman–Crippen MR) is 175 cm³/mol. The van der Waals surface area contributed by atoms with Crippen LogP contribution >= 0.6 is 0 Å². The topological polar surface area (TPSA) is 225 Å². The number of aromatic hydroxyl groups is 2. The van der Waals surface area contributed by atoms with E-state index in [0.29, 0.717) is 11.4 Å². The second-order valence-electron chi connectivity index (χ2n) is 10.3. The molecule has 0 spiro atoms. The summed E-state index contributed by atoms with van der Waals surface area (Å²) in [4.78, 5) is -0.869. The van der Waals surface area contributed by atoms with E-state index in [-0.39, 0.29) is 44.4 Å². The Morgan fingerprint density at radius 2 is 1.17 bits per heavy atom. The van der Waals surface area contributed by atoms with Gasteiger partial charge < -0.3 is 15.9 Å². The molecule has 0 bridgehead atoms. The number of nitrogen functional groups attached to an aromatic ring is 1. The van der Waals surface area contributed by atoms with Gasteiger partial charge in [-0.25, -0.2) is 0 Å². The number of azo groups is 2. The number of hydrogen-bond donors (Lipinski definition) is 5. The Morgan fingerprint density at radius 3 is 1.74 bits per heavy atom. The highest BCUT2D eigenvalue weighted by Gasteiger charge is 2.20. The van der Waals surface area contributed by atoms with Crippen LogP contribution in [-0.2, 0) is 20.2 Å². The van der Waals surface area contributed by atoms with Gasteiger partial charge in [0.1, 0.15) is 22.0 Å². The Morgan fingerprint density at radius 1 is 0.596 bits per heavy atom. The average Bonchev–Trinajstić information content (AvgIpc) is 3.03. The van der Waals surface area contributed by atoms with Crippen LogP contribution in [0.3, 0.4) is 0 Å². The van der Waals surface area contributed by atoms with E-state index in [9.17, 15) is 36.2 Å². The van der Waals surface area contributed by atoms with Crippen molar-refractivity contribution in [3.05, 3.63) is 103 Å². The van der Waals surface area contributed by atoms with Crippen LogP contribution in [0.4, 0.5) is 28.4 Å². The van der Waals surface area contributed by atoms with Crippen LogP contribution in [0.1, 0.15) is 0 Å². The molecule has 0 aliphatic carbocycles. The number of fused-ring (bicyclic) bond motifs is 2. The molecule has 0 amide bonds. The zero-order valence-electron chi connectivity index (χ0n) is 23.9. The number of nitrogens with zero attached hydrogens (tertiary/aromatic N) is 4. The standard InChI is InChI=1S/C32H23N5O8S2/c33-26-14-9-20-15-23(46(40,41)42)16-28(38)30(20)31(26)37-35-22-12-7-19(8-13-22)18-5-10-21(11-6-18)34-36-27-17-29(47(43,44)45)24-3-1-2-4-25(24)32(27)39/h1-17,38-39H,33H2,(H,40,41,42)(H,43,44,45). The number of phenolic OH excluding ortho intramolecular Hbond substituents is 2. The number of nitrogens with two attached hydrogens (primary N) is 1. The SMILES string of the molecule is Nc1ccc2cc(S(=O)(=O)O)cc(O)c2c1N=Nc1ccc(-c2ccc(N=Nc3cc(S(=O)(=O)O)c4ccccc4c3O)cc2)cc1. The molecular weight excluding hydrogens is 647 g/mol. The zero-order valence-corrected chi connectivity index (χ0v) is 25.6. The molecule has 0 saturated heterocycles. The summed E-state index contributed by atoms with van der Waals surface area (Å²) < 4.78 is 66.0. The number of hydrogen-bond acceptors (Lipinski definition) is 11. The fourth-order valence-corrected chi connectivity index (χ4v) is 6.19. The molecule has 6 aromatic carbocycles. The summed E-state index contributed by atoms with van der Waals surface area (Å²) in [6, 6.07) is 26.3. The first-order valence-corrected chi connectivity index (χ1v) is 16.5. The molecular formula is C32H23N5O8S2. The van der Waals surface area contributed by atoms with Gasteiger partial charge in [0.25, 0.3) is 20.2 Å². The molecule has 6 N–H and O–H groups in total. The highest BCUT2D eigenvalue weighted by Crippen LogP contribution is 2.41. The predicted octanol–water partition coefficient (Wildman–Crippen LogP) is 7.98. The van der Waals surface area contributed by atoms with Gasteiger partial charge in [0.05, 0.1) is 27.3 Å². The smallest absolute Gasteiger partial charge is 0.295 e. The van der Waals surface area contributed by atoms with E-state index in [2.05, 4.69) is 20.5 Å². The first-order valence-electron chi connectivity index (χ1n) is 13.6. The molecule has 0 heterocycles. The minimum atomic E-state index is -4.59.